The first kappa shape index (κ1) is 18.5. The number of amides is 2. The Bertz CT molecular complexity index is 676. The minimum Gasteiger partial charge on any atom is -0.495 e. The van der Waals surface area contributed by atoms with Gasteiger partial charge in [0.05, 0.1) is 24.3 Å². The zero-order valence-corrected chi connectivity index (χ0v) is 15.2. The number of urea groups is 1. The van der Waals surface area contributed by atoms with Crippen LogP contribution < -0.4 is 10.1 Å². The molecule has 0 saturated carbocycles. The van der Waals surface area contributed by atoms with Gasteiger partial charge in [-0.25, -0.2) is 13.2 Å². The average Bonchev–Trinajstić information content (AvgIpc) is 2.87. The number of carbonyl (C=O) groups is 1. The summed E-state index contributed by atoms with van der Waals surface area (Å²) in [4.78, 5) is 16.3. The minimum absolute atomic E-state index is 0.0276. The molecule has 1 aliphatic heterocycles. The molecule has 1 fully saturated rings. The zero-order valence-electron chi connectivity index (χ0n) is 14.4. The molecule has 2 amide bonds. The van der Waals surface area contributed by atoms with Crippen molar-refractivity contribution in [1.82, 2.24) is 9.80 Å². The molecule has 0 bridgehead atoms. The Morgan fingerprint density at radius 1 is 1.29 bits per heavy atom. The molecule has 1 unspecified atom stereocenters. The summed E-state index contributed by atoms with van der Waals surface area (Å²) in [5, 5.41) is 2.84. The molecule has 1 aliphatic rings. The molecule has 2 rings (SSSR count). The molecule has 1 N–H and O–H groups in total. The number of hydrogen-bond acceptors (Lipinski definition) is 5. The standard InChI is InChI=1S/C16H25N3O4S/c1-18(2)9-10-19(13-8-11-24(21,22)12-13)16(20)17-14-6-4-5-7-15(14)23-3/h4-7,13H,8-12H2,1-3H3,(H,17,20). The van der Waals surface area contributed by atoms with E-state index >= 15 is 0 Å². The van der Waals surface area contributed by atoms with Gasteiger partial charge in [0.15, 0.2) is 9.84 Å². The van der Waals surface area contributed by atoms with Gasteiger partial charge < -0.3 is 19.9 Å². The van der Waals surface area contributed by atoms with Crippen LogP contribution in [0.25, 0.3) is 0 Å². The van der Waals surface area contributed by atoms with Crippen LogP contribution in [0.3, 0.4) is 0 Å². The maximum Gasteiger partial charge on any atom is 0.322 e. The molecule has 1 heterocycles. The number of carbonyl (C=O) groups excluding carboxylic acids is 1. The predicted molar refractivity (Wildman–Crippen MR) is 94.3 cm³/mol. The molecule has 0 aromatic heterocycles. The van der Waals surface area contributed by atoms with E-state index in [0.29, 0.717) is 30.9 Å². The lowest BCUT2D eigenvalue weighted by molar-refractivity contribution is 0.186. The molecule has 1 aromatic carbocycles. The maximum atomic E-state index is 12.7. The lowest BCUT2D eigenvalue weighted by Gasteiger charge is -2.29. The Balaban J connectivity index is 2.14. The van der Waals surface area contributed by atoms with Crippen molar-refractivity contribution in [1.29, 1.82) is 0 Å². The number of nitrogens with zero attached hydrogens (tertiary/aromatic N) is 2. The molecule has 1 aromatic rings. The molecule has 0 spiro atoms. The van der Waals surface area contributed by atoms with Crippen LogP contribution in [0.1, 0.15) is 6.42 Å². The van der Waals surface area contributed by atoms with Gasteiger partial charge in [0.25, 0.3) is 0 Å². The first-order valence-corrected chi connectivity index (χ1v) is 9.70. The van der Waals surface area contributed by atoms with Gasteiger partial charge in [-0.05, 0) is 32.6 Å². The Morgan fingerprint density at radius 2 is 2.00 bits per heavy atom. The van der Waals surface area contributed by atoms with Crippen LogP contribution >= 0.6 is 0 Å². The summed E-state index contributed by atoms with van der Waals surface area (Å²) in [6.07, 6.45) is 0.481. The highest BCUT2D eigenvalue weighted by Crippen LogP contribution is 2.25. The number of sulfone groups is 1. The van der Waals surface area contributed by atoms with Crippen molar-refractivity contribution < 1.29 is 17.9 Å². The van der Waals surface area contributed by atoms with Crippen molar-refractivity contribution in [3.05, 3.63) is 24.3 Å². The van der Waals surface area contributed by atoms with Gasteiger partial charge in [-0.3, -0.25) is 0 Å². The molecule has 0 aliphatic carbocycles. The number of para-hydroxylation sites is 2. The fourth-order valence-corrected chi connectivity index (χ4v) is 4.44. The number of rotatable bonds is 6. The first-order valence-electron chi connectivity index (χ1n) is 7.88. The third kappa shape index (κ3) is 4.85. The van der Waals surface area contributed by atoms with Crippen LogP contribution in [-0.4, -0.2) is 76.1 Å². The molecule has 7 nitrogen and oxygen atoms in total. The van der Waals surface area contributed by atoms with Crippen molar-refractivity contribution in [2.24, 2.45) is 0 Å². The van der Waals surface area contributed by atoms with E-state index in [1.54, 1.807) is 24.1 Å². The fraction of sp³-hybridized carbons (Fsp3) is 0.562. The summed E-state index contributed by atoms with van der Waals surface area (Å²) < 4.78 is 28.8. The summed E-state index contributed by atoms with van der Waals surface area (Å²) in [6.45, 7) is 1.13. The topological polar surface area (TPSA) is 79.0 Å². The van der Waals surface area contributed by atoms with Crippen molar-refractivity contribution in [3.63, 3.8) is 0 Å². The Hall–Kier alpha value is -1.80. The quantitative estimate of drug-likeness (QED) is 0.832. The first-order chi connectivity index (χ1) is 11.3. The molecule has 1 saturated heterocycles. The van der Waals surface area contributed by atoms with Crippen LogP contribution in [0.15, 0.2) is 24.3 Å². The van der Waals surface area contributed by atoms with E-state index in [1.165, 1.54) is 0 Å². The monoisotopic (exact) mass is 355 g/mol. The van der Waals surface area contributed by atoms with Crippen LogP contribution in [-0.2, 0) is 9.84 Å². The summed E-state index contributed by atoms with van der Waals surface area (Å²) in [7, 11) is 2.32. The molecule has 134 valence electrons. The van der Waals surface area contributed by atoms with Crippen molar-refractivity contribution >= 4 is 21.6 Å². The Kier molecular flexibility index (Phi) is 6.06. The highest BCUT2D eigenvalue weighted by molar-refractivity contribution is 7.91. The van der Waals surface area contributed by atoms with Gasteiger partial charge in [-0.2, -0.15) is 0 Å². The maximum absolute atomic E-state index is 12.7. The van der Waals surface area contributed by atoms with E-state index < -0.39 is 9.84 Å². The highest BCUT2D eigenvalue weighted by atomic mass is 32.2. The lowest BCUT2D eigenvalue weighted by atomic mass is 10.2. The molecule has 8 heteroatoms. The summed E-state index contributed by atoms with van der Waals surface area (Å²) in [5.74, 6) is 0.732. The summed E-state index contributed by atoms with van der Waals surface area (Å²) in [5.41, 5.74) is 0.570. The van der Waals surface area contributed by atoms with Crippen LogP contribution in [0.2, 0.25) is 0 Å². The number of likely N-dealkylation sites (N-methyl/N-ethyl adjacent to an activating group) is 1. The molecule has 24 heavy (non-hydrogen) atoms. The SMILES string of the molecule is COc1ccccc1NC(=O)N(CCN(C)C)C1CCS(=O)(=O)C1. The van der Waals surface area contributed by atoms with Gasteiger partial charge in [-0.15, -0.1) is 0 Å². The normalized spacial score (nSPS) is 19.2. The van der Waals surface area contributed by atoms with Crippen LogP contribution in [0.4, 0.5) is 10.5 Å². The van der Waals surface area contributed by atoms with Gasteiger partial charge in [-0.1, -0.05) is 12.1 Å². The number of hydrogen-bond donors (Lipinski definition) is 1. The van der Waals surface area contributed by atoms with Crippen LogP contribution in [0, 0.1) is 0 Å². The predicted octanol–water partition coefficient (Wildman–Crippen LogP) is 1.28. The lowest BCUT2D eigenvalue weighted by Crippen LogP contribution is -2.46. The van der Waals surface area contributed by atoms with E-state index in [-0.39, 0.29) is 23.6 Å². The molecular formula is C16H25N3O4S. The van der Waals surface area contributed by atoms with E-state index in [1.807, 2.05) is 31.1 Å². The summed E-state index contributed by atoms with van der Waals surface area (Å²) in [6, 6.07) is 6.56. The third-order valence-corrected chi connectivity index (χ3v) is 5.80. The van der Waals surface area contributed by atoms with Crippen molar-refractivity contribution in [2.45, 2.75) is 12.5 Å². The number of ether oxygens (including phenoxy) is 1. The number of anilines is 1. The van der Waals surface area contributed by atoms with Gasteiger partial charge in [0.2, 0.25) is 0 Å². The smallest absolute Gasteiger partial charge is 0.322 e. The molecule has 0 radical (unpaired) electrons. The van der Waals surface area contributed by atoms with Crippen molar-refractivity contribution in [2.75, 3.05) is 51.1 Å². The third-order valence-electron chi connectivity index (χ3n) is 4.05. The van der Waals surface area contributed by atoms with E-state index in [2.05, 4.69) is 5.32 Å². The Labute approximate surface area is 143 Å². The Morgan fingerprint density at radius 3 is 2.58 bits per heavy atom. The second kappa shape index (κ2) is 7.85. The molecular weight excluding hydrogens is 330 g/mol. The van der Waals surface area contributed by atoms with E-state index in [0.717, 1.165) is 0 Å². The highest BCUT2D eigenvalue weighted by Gasteiger charge is 2.34. The number of methoxy groups -OCH3 is 1. The second-order valence-electron chi connectivity index (χ2n) is 6.18. The van der Waals surface area contributed by atoms with E-state index in [4.69, 9.17) is 4.74 Å². The number of benzene rings is 1. The average molecular weight is 355 g/mol. The largest absolute Gasteiger partial charge is 0.495 e. The summed E-state index contributed by atoms with van der Waals surface area (Å²) >= 11 is 0. The van der Waals surface area contributed by atoms with Crippen molar-refractivity contribution in [3.8, 4) is 5.75 Å². The molecule has 1 atom stereocenters. The van der Waals surface area contributed by atoms with Gasteiger partial charge in [0.1, 0.15) is 5.75 Å². The van der Waals surface area contributed by atoms with Crippen LogP contribution in [0.5, 0.6) is 5.75 Å². The number of nitrogens with one attached hydrogen (secondary N) is 1. The second-order valence-corrected chi connectivity index (χ2v) is 8.41. The van der Waals surface area contributed by atoms with Gasteiger partial charge >= 0.3 is 6.03 Å². The van der Waals surface area contributed by atoms with E-state index in [9.17, 15) is 13.2 Å². The zero-order chi connectivity index (χ0) is 17.7. The minimum atomic E-state index is -3.06. The van der Waals surface area contributed by atoms with Gasteiger partial charge in [0, 0.05) is 19.1 Å². The fourth-order valence-electron chi connectivity index (χ4n) is 2.71.